The van der Waals surface area contributed by atoms with E-state index in [0.29, 0.717) is 43.7 Å². The summed E-state index contributed by atoms with van der Waals surface area (Å²) in [7, 11) is 4.45. The van der Waals surface area contributed by atoms with Crippen LogP contribution in [0.15, 0.2) is 78.9 Å². The molecule has 0 N–H and O–H groups in total. The maximum absolute atomic E-state index is 16.2. The van der Waals surface area contributed by atoms with Crippen molar-refractivity contribution >= 4 is 33.8 Å². The molecular formula is C36H28F6O3S2. The molecule has 0 saturated carbocycles. The highest BCUT2D eigenvalue weighted by Gasteiger charge is 2.80. The standard InChI is InChI=1S/C36H28F6O3S2/c1-19-27(18-28(46-19)21-6-12-24(43-3)13-7-21)31-32(35(39,40)36(41,42)34(31,37)38)29-20(2)47-33(23-10-16-26(45-5)17-11-23)30(29)22-8-14-25(44-4)15-9-22/h6-18H,1-5H3. The first-order valence-electron chi connectivity index (χ1n) is 14.3. The fourth-order valence-electron chi connectivity index (χ4n) is 5.86. The summed E-state index contributed by atoms with van der Waals surface area (Å²) in [6.07, 6.45) is 0. The predicted octanol–water partition coefficient (Wildman–Crippen LogP) is 11.3. The Bertz CT molecular complexity index is 1970. The fourth-order valence-corrected chi connectivity index (χ4v) is 8.08. The van der Waals surface area contributed by atoms with Crippen molar-refractivity contribution in [3.8, 4) is 49.3 Å². The van der Waals surface area contributed by atoms with Crippen molar-refractivity contribution in [3.63, 3.8) is 0 Å². The lowest BCUT2D eigenvalue weighted by Gasteiger charge is -2.26. The summed E-state index contributed by atoms with van der Waals surface area (Å²) in [6, 6.07) is 21.1. The number of thiophene rings is 2. The zero-order valence-corrected chi connectivity index (χ0v) is 27.4. The number of aryl methyl sites for hydroxylation is 2. The molecule has 244 valence electrons. The maximum atomic E-state index is 16.2. The number of methoxy groups -OCH3 is 3. The molecule has 0 radical (unpaired) electrons. The minimum Gasteiger partial charge on any atom is -0.497 e. The third-order valence-corrected chi connectivity index (χ3v) is 10.5. The predicted molar refractivity (Wildman–Crippen MR) is 176 cm³/mol. The van der Waals surface area contributed by atoms with Crippen LogP contribution in [0.25, 0.3) is 43.2 Å². The molecule has 0 unspecified atom stereocenters. The van der Waals surface area contributed by atoms with Gasteiger partial charge in [-0.2, -0.15) is 26.3 Å². The van der Waals surface area contributed by atoms with Crippen LogP contribution < -0.4 is 14.2 Å². The van der Waals surface area contributed by atoms with E-state index in [1.807, 2.05) is 0 Å². The Labute approximate surface area is 275 Å². The van der Waals surface area contributed by atoms with Crippen LogP contribution in [0, 0.1) is 13.8 Å². The van der Waals surface area contributed by atoms with E-state index in [1.165, 1.54) is 41.2 Å². The van der Waals surface area contributed by atoms with Gasteiger partial charge in [-0.3, -0.25) is 0 Å². The van der Waals surface area contributed by atoms with Crippen LogP contribution in [0.1, 0.15) is 20.9 Å². The number of hydrogen-bond donors (Lipinski definition) is 0. The Morgan fingerprint density at radius 3 is 1.45 bits per heavy atom. The number of alkyl halides is 6. The molecule has 0 aliphatic heterocycles. The fraction of sp³-hybridized carbons (Fsp3) is 0.222. The van der Waals surface area contributed by atoms with Gasteiger partial charge in [0.05, 0.1) is 21.3 Å². The highest BCUT2D eigenvalue weighted by Crippen LogP contribution is 2.67. The molecule has 1 aliphatic rings. The molecule has 5 aromatic rings. The number of halogens is 6. The Morgan fingerprint density at radius 2 is 0.957 bits per heavy atom. The van der Waals surface area contributed by atoms with Crippen LogP contribution in [0.4, 0.5) is 26.3 Å². The van der Waals surface area contributed by atoms with Gasteiger partial charge in [-0.15, -0.1) is 22.7 Å². The summed E-state index contributed by atoms with van der Waals surface area (Å²) in [5, 5.41) is 0. The van der Waals surface area contributed by atoms with Crippen LogP contribution in [-0.4, -0.2) is 39.1 Å². The van der Waals surface area contributed by atoms with Crippen molar-refractivity contribution in [3.05, 3.63) is 99.7 Å². The monoisotopic (exact) mass is 686 g/mol. The van der Waals surface area contributed by atoms with Crippen LogP contribution in [0.2, 0.25) is 0 Å². The number of allylic oxidation sites excluding steroid dienone is 2. The molecule has 0 fully saturated rings. The van der Waals surface area contributed by atoms with Gasteiger partial charge >= 0.3 is 17.8 Å². The van der Waals surface area contributed by atoms with E-state index < -0.39 is 28.9 Å². The summed E-state index contributed by atoms with van der Waals surface area (Å²) < 4.78 is 111. The van der Waals surface area contributed by atoms with E-state index in [9.17, 15) is 0 Å². The summed E-state index contributed by atoms with van der Waals surface area (Å²) in [4.78, 5) is 1.29. The molecule has 11 heteroatoms. The van der Waals surface area contributed by atoms with E-state index in [0.717, 1.165) is 22.7 Å². The summed E-state index contributed by atoms with van der Waals surface area (Å²) in [5.74, 6) is -14.5. The first-order chi connectivity index (χ1) is 22.3. The largest absolute Gasteiger partial charge is 0.497 e. The second-order valence-corrected chi connectivity index (χ2v) is 13.5. The quantitative estimate of drug-likeness (QED) is 0.152. The van der Waals surface area contributed by atoms with Gasteiger partial charge in [0, 0.05) is 41.8 Å². The summed E-state index contributed by atoms with van der Waals surface area (Å²) >= 11 is 2.13. The normalized spacial score (nSPS) is 16.4. The summed E-state index contributed by atoms with van der Waals surface area (Å²) in [6.45, 7) is 2.95. The van der Waals surface area contributed by atoms with Crippen molar-refractivity contribution in [1.29, 1.82) is 0 Å². The van der Waals surface area contributed by atoms with Crippen LogP contribution in [0.3, 0.4) is 0 Å². The van der Waals surface area contributed by atoms with Gasteiger partial charge in [-0.25, -0.2) is 0 Å². The number of ether oxygens (including phenoxy) is 3. The van der Waals surface area contributed by atoms with Crippen molar-refractivity contribution < 1.29 is 40.6 Å². The molecule has 0 spiro atoms. The third-order valence-electron chi connectivity index (χ3n) is 8.29. The van der Waals surface area contributed by atoms with Crippen LogP contribution in [-0.2, 0) is 0 Å². The highest BCUT2D eigenvalue weighted by molar-refractivity contribution is 7.16. The Morgan fingerprint density at radius 1 is 0.511 bits per heavy atom. The van der Waals surface area contributed by atoms with E-state index >= 15 is 26.3 Å². The molecular weight excluding hydrogens is 659 g/mol. The van der Waals surface area contributed by atoms with Gasteiger partial charge in [-0.1, -0.05) is 12.1 Å². The number of hydrogen-bond acceptors (Lipinski definition) is 5. The molecule has 2 aromatic heterocycles. The Balaban J connectivity index is 1.68. The van der Waals surface area contributed by atoms with E-state index in [2.05, 4.69) is 0 Å². The zero-order chi connectivity index (χ0) is 33.9. The molecule has 0 atom stereocenters. The number of benzene rings is 3. The molecule has 0 saturated heterocycles. The van der Waals surface area contributed by atoms with Crippen LogP contribution >= 0.6 is 22.7 Å². The van der Waals surface area contributed by atoms with Gasteiger partial charge < -0.3 is 14.2 Å². The van der Waals surface area contributed by atoms with Gasteiger partial charge in [-0.05, 0) is 103 Å². The Hall–Kier alpha value is -4.22. The first kappa shape index (κ1) is 32.7. The van der Waals surface area contributed by atoms with E-state index in [-0.39, 0.29) is 26.4 Å². The van der Waals surface area contributed by atoms with Crippen LogP contribution in [0.5, 0.6) is 17.2 Å². The minimum absolute atomic E-state index is 0.143. The first-order valence-corrected chi connectivity index (χ1v) is 16.0. The lowest BCUT2D eigenvalue weighted by molar-refractivity contribution is -0.254. The van der Waals surface area contributed by atoms with Gasteiger partial charge in [0.15, 0.2) is 0 Å². The molecule has 3 nitrogen and oxygen atoms in total. The molecule has 1 aliphatic carbocycles. The lowest BCUT2D eigenvalue weighted by atomic mass is 9.88. The molecule has 3 aromatic carbocycles. The SMILES string of the molecule is COc1ccc(-c2cc(C3=C(c4c(C)sc(-c5ccc(OC)cc5)c4-c4ccc(OC)cc4)C(F)(F)C(F)(F)C3(F)F)c(C)s2)cc1. The van der Waals surface area contributed by atoms with Gasteiger partial charge in [0.2, 0.25) is 0 Å². The van der Waals surface area contributed by atoms with Crippen molar-refractivity contribution in [2.75, 3.05) is 21.3 Å². The molecule has 47 heavy (non-hydrogen) atoms. The molecule has 0 amide bonds. The smallest absolute Gasteiger partial charge is 0.380 e. The van der Waals surface area contributed by atoms with Crippen molar-refractivity contribution in [2.45, 2.75) is 31.6 Å². The van der Waals surface area contributed by atoms with Crippen molar-refractivity contribution in [2.24, 2.45) is 0 Å². The van der Waals surface area contributed by atoms with E-state index in [4.69, 9.17) is 14.2 Å². The maximum Gasteiger partial charge on any atom is 0.380 e. The topological polar surface area (TPSA) is 27.7 Å². The second kappa shape index (κ2) is 11.8. The molecule has 2 heterocycles. The average molecular weight is 687 g/mol. The summed E-state index contributed by atoms with van der Waals surface area (Å²) in [5.41, 5.74) is -1.77. The second-order valence-electron chi connectivity index (χ2n) is 11.0. The molecule has 0 bridgehead atoms. The Kier molecular flexibility index (Phi) is 8.20. The molecule has 6 rings (SSSR count). The zero-order valence-electron chi connectivity index (χ0n) is 25.8. The van der Waals surface area contributed by atoms with Gasteiger partial charge in [0.1, 0.15) is 17.2 Å². The average Bonchev–Trinajstić information content (AvgIpc) is 3.64. The van der Waals surface area contributed by atoms with Gasteiger partial charge in [0.25, 0.3) is 0 Å². The lowest BCUT2D eigenvalue weighted by Crippen LogP contribution is -2.49. The number of rotatable bonds is 8. The minimum atomic E-state index is -5.70. The highest BCUT2D eigenvalue weighted by atomic mass is 32.1. The third kappa shape index (κ3) is 5.11. The van der Waals surface area contributed by atoms with E-state index in [1.54, 1.807) is 72.8 Å². The van der Waals surface area contributed by atoms with Crippen molar-refractivity contribution in [1.82, 2.24) is 0 Å².